The summed E-state index contributed by atoms with van der Waals surface area (Å²) < 4.78 is 1.42. The third kappa shape index (κ3) is 0.840. The zero-order valence-electron chi connectivity index (χ0n) is 5.90. The molecule has 4 nitrogen and oxygen atoms in total. The Morgan fingerprint density at radius 2 is 2.42 bits per heavy atom. The summed E-state index contributed by atoms with van der Waals surface area (Å²) >= 11 is 5.78. The normalized spacial score (nSPS) is 10.0. The summed E-state index contributed by atoms with van der Waals surface area (Å²) in [5.41, 5.74) is 0.919. The lowest BCUT2D eigenvalue weighted by molar-refractivity contribution is 0.940. The van der Waals surface area contributed by atoms with E-state index in [1.807, 2.05) is 6.07 Å². The molecule has 0 unspecified atom stereocenters. The molecule has 0 aliphatic rings. The van der Waals surface area contributed by atoms with Gasteiger partial charge < -0.3 is 0 Å². The lowest BCUT2D eigenvalue weighted by atomic mass is 10.4. The summed E-state index contributed by atoms with van der Waals surface area (Å²) in [7, 11) is 0. The van der Waals surface area contributed by atoms with E-state index in [9.17, 15) is 0 Å². The molecule has 12 heavy (non-hydrogen) atoms. The molecule has 2 heterocycles. The maximum Gasteiger partial charge on any atom is 0.174 e. The Balaban J connectivity index is 2.91. The molecule has 0 aromatic carbocycles. The SMILES string of the molecule is N#Cc1cnn2c(Cl)ccnc12. The van der Waals surface area contributed by atoms with Crippen LogP contribution in [0.25, 0.3) is 5.65 Å². The second-order valence-electron chi connectivity index (χ2n) is 2.17. The van der Waals surface area contributed by atoms with Crippen molar-refractivity contribution in [2.24, 2.45) is 0 Å². The fourth-order valence-corrected chi connectivity index (χ4v) is 1.12. The Kier molecular flexibility index (Phi) is 1.45. The molecule has 2 aromatic rings. The Morgan fingerprint density at radius 1 is 1.58 bits per heavy atom. The highest BCUT2D eigenvalue weighted by molar-refractivity contribution is 6.29. The summed E-state index contributed by atoms with van der Waals surface area (Å²) in [6.07, 6.45) is 2.98. The van der Waals surface area contributed by atoms with Crippen LogP contribution in [-0.2, 0) is 0 Å². The van der Waals surface area contributed by atoms with Gasteiger partial charge in [-0.1, -0.05) is 11.6 Å². The Labute approximate surface area is 73.0 Å². The maximum atomic E-state index is 8.63. The van der Waals surface area contributed by atoms with Gasteiger partial charge in [-0.15, -0.1) is 0 Å². The second-order valence-corrected chi connectivity index (χ2v) is 2.56. The van der Waals surface area contributed by atoms with Gasteiger partial charge in [0, 0.05) is 6.20 Å². The standard InChI is InChI=1S/C7H3ClN4/c8-6-1-2-10-7-5(3-9)4-11-12(6)7/h1-2,4H. The minimum Gasteiger partial charge on any atom is -0.236 e. The monoisotopic (exact) mass is 178 g/mol. The lowest BCUT2D eigenvalue weighted by Crippen LogP contribution is -1.90. The van der Waals surface area contributed by atoms with Crippen LogP contribution in [-0.4, -0.2) is 14.6 Å². The molecule has 2 aromatic heterocycles. The Bertz CT molecular complexity index is 468. The number of nitriles is 1. The highest BCUT2D eigenvalue weighted by atomic mass is 35.5. The number of fused-ring (bicyclic) bond motifs is 1. The molecule has 0 saturated carbocycles. The van der Waals surface area contributed by atoms with Gasteiger partial charge in [0.05, 0.1) is 6.20 Å². The van der Waals surface area contributed by atoms with Crippen LogP contribution >= 0.6 is 11.6 Å². The average Bonchev–Trinajstić information content (AvgIpc) is 2.49. The van der Waals surface area contributed by atoms with Crippen molar-refractivity contribution in [1.82, 2.24) is 14.6 Å². The fourth-order valence-electron chi connectivity index (χ4n) is 0.941. The molecular formula is C7H3ClN4. The van der Waals surface area contributed by atoms with E-state index in [1.165, 1.54) is 10.7 Å². The topological polar surface area (TPSA) is 54.0 Å². The van der Waals surface area contributed by atoms with Gasteiger partial charge in [-0.25, -0.2) is 9.50 Å². The molecule has 0 aliphatic heterocycles. The van der Waals surface area contributed by atoms with Gasteiger partial charge in [0.15, 0.2) is 5.65 Å². The molecule has 0 N–H and O–H groups in total. The van der Waals surface area contributed by atoms with Gasteiger partial charge in [0.2, 0.25) is 0 Å². The predicted octanol–water partition coefficient (Wildman–Crippen LogP) is 1.25. The van der Waals surface area contributed by atoms with Crippen LogP contribution in [0, 0.1) is 11.3 Å². The summed E-state index contributed by atoms with van der Waals surface area (Å²) in [6, 6.07) is 3.59. The van der Waals surface area contributed by atoms with Crippen LogP contribution in [0.15, 0.2) is 18.5 Å². The van der Waals surface area contributed by atoms with E-state index in [-0.39, 0.29) is 0 Å². The first-order valence-electron chi connectivity index (χ1n) is 3.21. The van der Waals surface area contributed by atoms with E-state index in [0.717, 1.165) is 0 Å². The van der Waals surface area contributed by atoms with E-state index in [2.05, 4.69) is 10.1 Å². The summed E-state index contributed by atoms with van der Waals surface area (Å²) in [5, 5.41) is 13.0. The minimum absolute atomic E-state index is 0.428. The van der Waals surface area contributed by atoms with E-state index >= 15 is 0 Å². The number of aromatic nitrogens is 3. The number of halogens is 1. The first kappa shape index (κ1) is 7.07. The van der Waals surface area contributed by atoms with E-state index in [0.29, 0.717) is 16.4 Å². The summed E-state index contributed by atoms with van der Waals surface area (Å²) in [4.78, 5) is 3.97. The molecule has 0 bridgehead atoms. The molecule has 0 saturated heterocycles. The molecule has 5 heteroatoms. The highest BCUT2D eigenvalue weighted by Crippen LogP contribution is 2.11. The van der Waals surface area contributed by atoms with E-state index in [1.54, 1.807) is 12.3 Å². The molecule has 0 aliphatic carbocycles. The summed E-state index contributed by atoms with van der Waals surface area (Å²) in [6.45, 7) is 0. The molecule has 2 rings (SSSR count). The molecule has 0 amide bonds. The number of hydrogen-bond donors (Lipinski definition) is 0. The van der Waals surface area contributed by atoms with Gasteiger partial charge in [0.25, 0.3) is 0 Å². The van der Waals surface area contributed by atoms with Gasteiger partial charge in [-0.3, -0.25) is 0 Å². The van der Waals surface area contributed by atoms with Crippen molar-refractivity contribution in [3.8, 4) is 6.07 Å². The zero-order valence-corrected chi connectivity index (χ0v) is 6.65. The van der Waals surface area contributed by atoms with Gasteiger partial charge in [-0.05, 0) is 6.07 Å². The molecule has 0 atom stereocenters. The van der Waals surface area contributed by atoms with Crippen molar-refractivity contribution in [2.45, 2.75) is 0 Å². The Hall–Kier alpha value is -1.60. The van der Waals surface area contributed by atoms with Crippen LogP contribution in [0.4, 0.5) is 0 Å². The summed E-state index contributed by atoms with van der Waals surface area (Å²) in [5.74, 6) is 0. The smallest absolute Gasteiger partial charge is 0.174 e. The Morgan fingerprint density at radius 3 is 3.17 bits per heavy atom. The average molecular weight is 179 g/mol. The van der Waals surface area contributed by atoms with E-state index in [4.69, 9.17) is 16.9 Å². The quantitative estimate of drug-likeness (QED) is 0.571. The number of rotatable bonds is 0. The zero-order chi connectivity index (χ0) is 8.55. The largest absolute Gasteiger partial charge is 0.236 e. The van der Waals surface area contributed by atoms with Gasteiger partial charge >= 0.3 is 0 Å². The first-order valence-corrected chi connectivity index (χ1v) is 3.59. The molecule has 58 valence electrons. The number of hydrogen-bond acceptors (Lipinski definition) is 3. The van der Waals surface area contributed by atoms with Crippen molar-refractivity contribution in [3.05, 3.63) is 29.2 Å². The highest BCUT2D eigenvalue weighted by Gasteiger charge is 2.05. The van der Waals surface area contributed by atoms with Crippen LogP contribution in [0.5, 0.6) is 0 Å². The molecule has 0 spiro atoms. The van der Waals surface area contributed by atoms with Crippen LogP contribution in [0.1, 0.15) is 5.56 Å². The van der Waals surface area contributed by atoms with Crippen molar-refractivity contribution < 1.29 is 0 Å². The number of nitrogens with zero attached hydrogens (tertiary/aromatic N) is 4. The van der Waals surface area contributed by atoms with Crippen LogP contribution in [0.2, 0.25) is 5.15 Å². The van der Waals surface area contributed by atoms with Crippen LogP contribution < -0.4 is 0 Å². The maximum absolute atomic E-state index is 8.63. The fraction of sp³-hybridized carbons (Fsp3) is 0. The second kappa shape index (κ2) is 2.47. The van der Waals surface area contributed by atoms with Gasteiger partial charge in [0.1, 0.15) is 16.8 Å². The minimum atomic E-state index is 0.428. The van der Waals surface area contributed by atoms with E-state index < -0.39 is 0 Å². The van der Waals surface area contributed by atoms with Crippen LogP contribution in [0.3, 0.4) is 0 Å². The molecule has 0 radical (unpaired) electrons. The van der Waals surface area contributed by atoms with Crippen molar-refractivity contribution in [3.63, 3.8) is 0 Å². The predicted molar refractivity (Wildman–Crippen MR) is 42.7 cm³/mol. The molecular weight excluding hydrogens is 176 g/mol. The molecule has 0 fully saturated rings. The first-order chi connectivity index (χ1) is 5.83. The third-order valence-electron chi connectivity index (χ3n) is 1.48. The lowest BCUT2D eigenvalue weighted by Gasteiger charge is -1.92. The third-order valence-corrected chi connectivity index (χ3v) is 1.76. The van der Waals surface area contributed by atoms with Gasteiger partial charge in [-0.2, -0.15) is 10.4 Å². The van der Waals surface area contributed by atoms with Crippen molar-refractivity contribution in [2.75, 3.05) is 0 Å². The van der Waals surface area contributed by atoms with Crippen molar-refractivity contribution in [1.29, 1.82) is 5.26 Å². The van der Waals surface area contributed by atoms with Crippen molar-refractivity contribution >= 4 is 17.2 Å².